The molecule has 0 atom stereocenters. The highest BCUT2D eigenvalue weighted by atomic mass is 15.5. The van der Waals surface area contributed by atoms with Crippen LogP contribution in [0.15, 0.2) is 48.5 Å². The fraction of sp³-hybridized carbons (Fsp3) is 0. The van der Waals surface area contributed by atoms with Gasteiger partial charge in [0.15, 0.2) is 0 Å². The summed E-state index contributed by atoms with van der Waals surface area (Å²) in [6.07, 6.45) is 0. The van der Waals surface area contributed by atoms with Gasteiger partial charge in [-0.25, -0.2) is 0 Å². The maximum atomic E-state index is 4.07. The molecule has 0 aliphatic carbocycles. The highest BCUT2D eigenvalue weighted by Gasteiger charge is 2.15. The predicted molar refractivity (Wildman–Crippen MR) is 78.2 cm³/mol. The lowest BCUT2D eigenvalue weighted by Gasteiger charge is -2.10. The van der Waals surface area contributed by atoms with Crippen LogP contribution in [0.1, 0.15) is 0 Å². The molecular weight excluding hydrogens is 280 g/mol. The Morgan fingerprint density at radius 3 is 1.32 bits per heavy atom. The molecule has 0 saturated carbocycles. The van der Waals surface area contributed by atoms with Crippen LogP contribution in [-0.4, -0.2) is 41.2 Å². The smallest absolute Gasteiger partial charge is 0.177 e. The molecule has 0 saturated heterocycles. The van der Waals surface area contributed by atoms with E-state index in [1.165, 1.54) is 0 Å². The number of tetrazole rings is 2. The fourth-order valence-corrected chi connectivity index (χ4v) is 2.38. The quantitative estimate of drug-likeness (QED) is 0.594. The van der Waals surface area contributed by atoms with Crippen molar-refractivity contribution >= 4 is 0 Å². The zero-order valence-electron chi connectivity index (χ0n) is 11.3. The van der Waals surface area contributed by atoms with Crippen molar-refractivity contribution in [3.63, 3.8) is 0 Å². The second-order valence-corrected chi connectivity index (χ2v) is 4.56. The van der Waals surface area contributed by atoms with Crippen LogP contribution < -0.4 is 0 Å². The maximum absolute atomic E-state index is 4.07. The van der Waals surface area contributed by atoms with E-state index in [0.717, 1.165) is 22.3 Å². The molecule has 4 aromatic rings. The zero-order valence-corrected chi connectivity index (χ0v) is 11.3. The molecule has 2 heterocycles. The van der Waals surface area contributed by atoms with Gasteiger partial charge in [0, 0.05) is 11.1 Å². The van der Waals surface area contributed by atoms with E-state index in [4.69, 9.17) is 0 Å². The minimum Gasteiger partial charge on any atom is -0.177 e. The number of benzene rings is 2. The van der Waals surface area contributed by atoms with E-state index in [2.05, 4.69) is 41.2 Å². The van der Waals surface area contributed by atoms with Crippen molar-refractivity contribution in [3.8, 4) is 33.9 Å². The molecule has 0 bridgehead atoms. The van der Waals surface area contributed by atoms with Gasteiger partial charge in [0.2, 0.25) is 11.6 Å². The van der Waals surface area contributed by atoms with E-state index in [1.807, 2.05) is 48.5 Å². The van der Waals surface area contributed by atoms with E-state index in [9.17, 15) is 0 Å². The SMILES string of the molecule is c1ccc(-c2ccccc2-c2nn[nH]n2)c(-c2nn[nH]n2)c1. The molecule has 0 unspecified atom stereocenters. The number of nitrogens with one attached hydrogen (secondary N) is 2. The summed E-state index contributed by atoms with van der Waals surface area (Å²) >= 11 is 0. The lowest BCUT2D eigenvalue weighted by Crippen LogP contribution is -1.91. The number of hydrogen-bond donors (Lipinski definition) is 2. The van der Waals surface area contributed by atoms with Crippen LogP contribution in [0.3, 0.4) is 0 Å². The third-order valence-electron chi connectivity index (χ3n) is 3.32. The standard InChI is InChI=1S/C14H10N8/c1-3-7-11(13-15-19-20-16-13)9(5-1)10-6-2-4-8-12(10)14-17-21-22-18-14/h1-8H,(H,15,16,19,20)(H,17,18,21,22). The van der Waals surface area contributed by atoms with Crippen molar-refractivity contribution in [1.29, 1.82) is 0 Å². The monoisotopic (exact) mass is 290 g/mol. The first kappa shape index (κ1) is 12.3. The normalized spacial score (nSPS) is 10.7. The van der Waals surface area contributed by atoms with Crippen molar-refractivity contribution in [2.45, 2.75) is 0 Å². The molecule has 2 aromatic carbocycles. The van der Waals surface area contributed by atoms with Crippen LogP contribution in [0.2, 0.25) is 0 Å². The van der Waals surface area contributed by atoms with Crippen LogP contribution in [0, 0.1) is 0 Å². The highest BCUT2D eigenvalue weighted by Crippen LogP contribution is 2.35. The molecule has 2 N–H and O–H groups in total. The third-order valence-corrected chi connectivity index (χ3v) is 3.32. The van der Waals surface area contributed by atoms with Gasteiger partial charge in [-0.2, -0.15) is 10.4 Å². The van der Waals surface area contributed by atoms with Crippen molar-refractivity contribution in [2.24, 2.45) is 0 Å². The van der Waals surface area contributed by atoms with Gasteiger partial charge in [-0.05, 0) is 21.6 Å². The first-order chi connectivity index (χ1) is 10.9. The molecule has 2 aromatic heterocycles. The molecule has 0 aliphatic heterocycles. The van der Waals surface area contributed by atoms with Crippen molar-refractivity contribution in [2.75, 3.05) is 0 Å². The average Bonchev–Trinajstić information content (AvgIpc) is 3.28. The summed E-state index contributed by atoms with van der Waals surface area (Å²) in [5.74, 6) is 1.08. The Labute approximate surface area is 124 Å². The van der Waals surface area contributed by atoms with E-state index in [1.54, 1.807) is 0 Å². The van der Waals surface area contributed by atoms with Crippen molar-refractivity contribution < 1.29 is 0 Å². The minimum atomic E-state index is 0.540. The minimum absolute atomic E-state index is 0.540. The van der Waals surface area contributed by atoms with Crippen LogP contribution >= 0.6 is 0 Å². The Kier molecular flexibility index (Phi) is 2.90. The number of nitrogens with zero attached hydrogens (tertiary/aromatic N) is 6. The molecule has 0 amide bonds. The summed E-state index contributed by atoms with van der Waals surface area (Å²) in [6.45, 7) is 0. The summed E-state index contributed by atoms with van der Waals surface area (Å²) in [4.78, 5) is 0. The van der Waals surface area contributed by atoms with Gasteiger partial charge >= 0.3 is 0 Å². The summed E-state index contributed by atoms with van der Waals surface area (Å²) in [7, 11) is 0. The number of aromatic nitrogens is 8. The second-order valence-electron chi connectivity index (χ2n) is 4.56. The maximum Gasteiger partial charge on any atom is 0.205 e. The molecule has 22 heavy (non-hydrogen) atoms. The van der Waals surface area contributed by atoms with Gasteiger partial charge in [-0.3, -0.25) is 0 Å². The Morgan fingerprint density at radius 1 is 0.545 bits per heavy atom. The van der Waals surface area contributed by atoms with Gasteiger partial charge in [0.1, 0.15) is 0 Å². The zero-order chi connectivity index (χ0) is 14.8. The van der Waals surface area contributed by atoms with Crippen LogP contribution in [0.25, 0.3) is 33.9 Å². The summed E-state index contributed by atoms with van der Waals surface area (Å²) in [6, 6.07) is 15.7. The molecule has 0 radical (unpaired) electrons. The van der Waals surface area contributed by atoms with Crippen LogP contribution in [0.4, 0.5) is 0 Å². The number of aromatic amines is 2. The molecule has 0 spiro atoms. The van der Waals surface area contributed by atoms with Gasteiger partial charge in [-0.1, -0.05) is 48.5 Å². The van der Waals surface area contributed by atoms with Crippen LogP contribution in [0.5, 0.6) is 0 Å². The Hall–Kier alpha value is -3.42. The number of H-pyrrole nitrogens is 2. The molecule has 8 nitrogen and oxygen atoms in total. The van der Waals surface area contributed by atoms with Crippen LogP contribution in [-0.2, 0) is 0 Å². The first-order valence-electron chi connectivity index (χ1n) is 6.59. The fourth-order valence-electron chi connectivity index (χ4n) is 2.38. The largest absolute Gasteiger partial charge is 0.205 e. The number of rotatable bonds is 3. The average molecular weight is 290 g/mol. The van der Waals surface area contributed by atoms with Gasteiger partial charge < -0.3 is 0 Å². The molecular formula is C14H10N8. The topological polar surface area (TPSA) is 109 Å². The summed E-state index contributed by atoms with van der Waals surface area (Å²) in [5.41, 5.74) is 3.72. The number of hydrogen-bond acceptors (Lipinski definition) is 6. The molecule has 0 fully saturated rings. The van der Waals surface area contributed by atoms with Crippen molar-refractivity contribution in [1.82, 2.24) is 41.2 Å². The first-order valence-corrected chi connectivity index (χ1v) is 6.59. The van der Waals surface area contributed by atoms with E-state index in [-0.39, 0.29) is 0 Å². The summed E-state index contributed by atoms with van der Waals surface area (Å²) in [5, 5.41) is 28.5. The van der Waals surface area contributed by atoms with E-state index >= 15 is 0 Å². The lowest BCUT2D eigenvalue weighted by molar-refractivity contribution is 0.881. The Morgan fingerprint density at radius 2 is 0.955 bits per heavy atom. The third kappa shape index (κ3) is 2.03. The molecule has 4 rings (SSSR count). The van der Waals surface area contributed by atoms with Crippen molar-refractivity contribution in [3.05, 3.63) is 48.5 Å². The van der Waals surface area contributed by atoms with Gasteiger partial charge in [-0.15, -0.1) is 20.4 Å². The van der Waals surface area contributed by atoms with E-state index in [0.29, 0.717) is 11.6 Å². The summed E-state index contributed by atoms with van der Waals surface area (Å²) < 4.78 is 0. The molecule has 8 heteroatoms. The van der Waals surface area contributed by atoms with E-state index < -0.39 is 0 Å². The van der Waals surface area contributed by atoms with Gasteiger partial charge in [0.05, 0.1) is 0 Å². The lowest BCUT2D eigenvalue weighted by atomic mass is 9.95. The predicted octanol–water partition coefficient (Wildman–Crippen LogP) is 1.71. The Bertz CT molecular complexity index is 807. The Balaban J connectivity index is 1.95. The molecule has 106 valence electrons. The molecule has 0 aliphatic rings. The van der Waals surface area contributed by atoms with Gasteiger partial charge in [0.25, 0.3) is 0 Å². The highest BCUT2D eigenvalue weighted by molar-refractivity contribution is 5.88. The second kappa shape index (κ2) is 5.17.